The summed E-state index contributed by atoms with van der Waals surface area (Å²) in [5.74, 6) is 0. The van der Waals surface area contributed by atoms with E-state index >= 15 is 0 Å². The fraction of sp³-hybridized carbons (Fsp3) is 0.143. The van der Waals surface area contributed by atoms with Crippen molar-refractivity contribution >= 4 is 50.5 Å². The summed E-state index contributed by atoms with van der Waals surface area (Å²) in [6.07, 6.45) is 0. The molecule has 0 radical (unpaired) electrons. The van der Waals surface area contributed by atoms with E-state index in [1.807, 2.05) is 0 Å². The topological polar surface area (TPSA) is 37.4 Å². The monoisotopic (exact) mass is 363 g/mol. The van der Waals surface area contributed by atoms with E-state index in [-0.39, 0.29) is 9.92 Å². The van der Waals surface area contributed by atoms with E-state index in [0.29, 0.717) is 21.3 Å². The van der Waals surface area contributed by atoms with Crippen molar-refractivity contribution in [2.24, 2.45) is 0 Å². The Balaban J connectivity index is 2.54. The molecule has 2 rings (SSSR count). The summed E-state index contributed by atoms with van der Waals surface area (Å²) in [7, 11) is -2.35. The zero-order valence-corrected chi connectivity index (χ0v) is 14.4. The maximum Gasteiger partial charge on any atom is 0.265 e. The first-order chi connectivity index (χ1) is 9.73. The van der Waals surface area contributed by atoms with Crippen molar-refractivity contribution in [1.29, 1.82) is 0 Å². The quantitative estimate of drug-likeness (QED) is 0.786. The number of hydrogen-bond acceptors (Lipinski definition) is 2. The Labute approximate surface area is 139 Å². The molecule has 0 aromatic heterocycles. The number of rotatable bonds is 3. The van der Waals surface area contributed by atoms with Gasteiger partial charge in [-0.25, -0.2) is 8.42 Å². The van der Waals surface area contributed by atoms with Gasteiger partial charge < -0.3 is 0 Å². The predicted molar refractivity (Wildman–Crippen MR) is 88.2 cm³/mol. The van der Waals surface area contributed by atoms with Gasteiger partial charge in [0.05, 0.1) is 10.7 Å². The van der Waals surface area contributed by atoms with Crippen LogP contribution in [0.5, 0.6) is 0 Å². The largest absolute Gasteiger partial charge is 0.269 e. The van der Waals surface area contributed by atoms with Crippen molar-refractivity contribution in [3.05, 3.63) is 57.0 Å². The first-order valence-electron chi connectivity index (χ1n) is 5.93. The summed E-state index contributed by atoms with van der Waals surface area (Å²) in [6.45, 7) is 1.72. The van der Waals surface area contributed by atoms with Gasteiger partial charge in [-0.2, -0.15) is 0 Å². The summed E-state index contributed by atoms with van der Waals surface area (Å²) < 4.78 is 26.5. The summed E-state index contributed by atoms with van der Waals surface area (Å²) in [6, 6.07) is 9.46. The Hall–Kier alpha value is -0.940. The lowest BCUT2D eigenvalue weighted by Gasteiger charge is -2.21. The molecule has 2 aromatic carbocycles. The Kier molecular flexibility index (Phi) is 4.73. The molecule has 21 heavy (non-hydrogen) atoms. The number of anilines is 1. The summed E-state index contributed by atoms with van der Waals surface area (Å²) in [5, 5.41) is 0.955. The van der Waals surface area contributed by atoms with Crippen LogP contribution in [-0.2, 0) is 10.0 Å². The highest BCUT2D eigenvalue weighted by molar-refractivity contribution is 7.93. The standard InChI is InChI=1S/C14H12Cl3NO2S/c1-9-6-14(13(17)8-12(9)16)21(19,20)18(2)11-5-3-4-10(15)7-11/h3-8H,1-2H3. The second kappa shape index (κ2) is 6.05. The SMILES string of the molecule is Cc1cc(S(=O)(=O)N(C)c2cccc(Cl)c2)c(Cl)cc1Cl. The molecule has 0 N–H and O–H groups in total. The fourth-order valence-electron chi connectivity index (χ4n) is 1.79. The van der Waals surface area contributed by atoms with E-state index in [1.54, 1.807) is 31.2 Å². The van der Waals surface area contributed by atoms with Crippen molar-refractivity contribution in [3.8, 4) is 0 Å². The van der Waals surface area contributed by atoms with Gasteiger partial charge in [-0.3, -0.25) is 4.31 Å². The van der Waals surface area contributed by atoms with Gasteiger partial charge >= 0.3 is 0 Å². The third-order valence-electron chi connectivity index (χ3n) is 3.02. The maximum atomic E-state index is 12.7. The molecule has 0 unspecified atom stereocenters. The molecular weight excluding hydrogens is 353 g/mol. The minimum atomic E-state index is -3.79. The summed E-state index contributed by atoms with van der Waals surface area (Å²) in [5.41, 5.74) is 1.09. The molecule has 2 aromatic rings. The van der Waals surface area contributed by atoms with Crippen LogP contribution in [0.15, 0.2) is 41.3 Å². The number of sulfonamides is 1. The van der Waals surface area contributed by atoms with Crippen molar-refractivity contribution in [2.45, 2.75) is 11.8 Å². The van der Waals surface area contributed by atoms with Gasteiger partial charge in [0.15, 0.2) is 0 Å². The van der Waals surface area contributed by atoms with Crippen LogP contribution in [0.1, 0.15) is 5.56 Å². The molecule has 3 nitrogen and oxygen atoms in total. The minimum absolute atomic E-state index is 0.00791. The van der Waals surface area contributed by atoms with E-state index in [2.05, 4.69) is 0 Å². The smallest absolute Gasteiger partial charge is 0.265 e. The molecule has 0 aliphatic rings. The first-order valence-corrected chi connectivity index (χ1v) is 8.51. The molecule has 0 amide bonds. The summed E-state index contributed by atoms with van der Waals surface area (Å²) >= 11 is 17.9. The van der Waals surface area contributed by atoms with Gasteiger partial charge in [0.2, 0.25) is 0 Å². The van der Waals surface area contributed by atoms with Crippen LogP contribution in [0.25, 0.3) is 0 Å². The van der Waals surface area contributed by atoms with Crippen molar-refractivity contribution < 1.29 is 8.42 Å². The summed E-state index contributed by atoms with van der Waals surface area (Å²) in [4.78, 5) is 0.00791. The van der Waals surface area contributed by atoms with Crippen molar-refractivity contribution in [3.63, 3.8) is 0 Å². The van der Waals surface area contributed by atoms with E-state index in [4.69, 9.17) is 34.8 Å². The lowest BCUT2D eigenvalue weighted by Crippen LogP contribution is -2.26. The molecule has 0 aliphatic heterocycles. The van der Waals surface area contributed by atoms with Crippen LogP contribution in [-0.4, -0.2) is 15.5 Å². The molecule has 0 fully saturated rings. The molecule has 0 aliphatic carbocycles. The third kappa shape index (κ3) is 3.29. The van der Waals surface area contributed by atoms with E-state index in [0.717, 1.165) is 4.31 Å². The number of benzene rings is 2. The lowest BCUT2D eigenvalue weighted by atomic mass is 10.2. The Morgan fingerprint density at radius 2 is 1.67 bits per heavy atom. The molecule has 0 bridgehead atoms. The fourth-order valence-corrected chi connectivity index (χ4v) is 3.96. The molecule has 0 saturated heterocycles. The van der Waals surface area contributed by atoms with E-state index in [1.165, 1.54) is 19.2 Å². The van der Waals surface area contributed by atoms with Gasteiger partial charge in [-0.05, 0) is 42.8 Å². The van der Waals surface area contributed by atoms with Gasteiger partial charge in [0, 0.05) is 17.1 Å². The maximum absolute atomic E-state index is 12.7. The number of aryl methyl sites for hydroxylation is 1. The second-order valence-corrected chi connectivity index (χ2v) is 7.67. The number of hydrogen-bond donors (Lipinski definition) is 0. The molecular formula is C14H12Cl3NO2S. The Morgan fingerprint density at radius 1 is 1.00 bits per heavy atom. The third-order valence-corrected chi connectivity index (χ3v) is 5.92. The average molecular weight is 365 g/mol. The predicted octanol–water partition coefficient (Wildman–Crippen LogP) is 4.78. The second-order valence-electron chi connectivity index (χ2n) is 4.48. The molecule has 0 heterocycles. The van der Waals surface area contributed by atoms with Gasteiger partial charge in [0.1, 0.15) is 4.90 Å². The van der Waals surface area contributed by atoms with Crippen LogP contribution >= 0.6 is 34.8 Å². The average Bonchev–Trinajstić information content (AvgIpc) is 2.41. The first kappa shape index (κ1) is 16.4. The lowest BCUT2D eigenvalue weighted by molar-refractivity contribution is 0.594. The number of halogens is 3. The highest BCUT2D eigenvalue weighted by Crippen LogP contribution is 2.32. The van der Waals surface area contributed by atoms with Gasteiger partial charge in [-0.15, -0.1) is 0 Å². The minimum Gasteiger partial charge on any atom is -0.269 e. The van der Waals surface area contributed by atoms with Crippen molar-refractivity contribution in [2.75, 3.05) is 11.4 Å². The molecule has 0 saturated carbocycles. The van der Waals surface area contributed by atoms with Crippen molar-refractivity contribution in [1.82, 2.24) is 0 Å². The van der Waals surface area contributed by atoms with Crippen LogP contribution in [0.3, 0.4) is 0 Å². The highest BCUT2D eigenvalue weighted by Gasteiger charge is 2.25. The van der Waals surface area contributed by atoms with Gasteiger partial charge in [-0.1, -0.05) is 40.9 Å². The zero-order valence-electron chi connectivity index (χ0n) is 11.3. The number of nitrogens with zero attached hydrogens (tertiary/aromatic N) is 1. The van der Waals surface area contributed by atoms with E-state index in [9.17, 15) is 8.42 Å². The molecule has 0 atom stereocenters. The van der Waals surface area contributed by atoms with Crippen LogP contribution in [0.2, 0.25) is 15.1 Å². The van der Waals surface area contributed by atoms with Gasteiger partial charge in [0.25, 0.3) is 10.0 Å². The zero-order chi connectivity index (χ0) is 15.8. The van der Waals surface area contributed by atoms with Crippen LogP contribution in [0, 0.1) is 6.92 Å². The molecule has 112 valence electrons. The van der Waals surface area contributed by atoms with Crippen LogP contribution < -0.4 is 4.31 Å². The normalized spacial score (nSPS) is 11.5. The van der Waals surface area contributed by atoms with E-state index < -0.39 is 10.0 Å². The Bertz CT molecular complexity index is 791. The highest BCUT2D eigenvalue weighted by atomic mass is 35.5. The molecule has 7 heteroatoms. The Morgan fingerprint density at radius 3 is 2.29 bits per heavy atom. The molecule has 0 spiro atoms. The van der Waals surface area contributed by atoms with Crippen LogP contribution in [0.4, 0.5) is 5.69 Å².